The lowest BCUT2D eigenvalue weighted by Gasteiger charge is -2.00. The zero-order valence-electron chi connectivity index (χ0n) is 11.0. The number of nitrogens with one attached hydrogen (secondary N) is 4. The topological polar surface area (TPSA) is 85.7 Å². The van der Waals surface area contributed by atoms with Crippen LogP contribution in [0.1, 0.15) is 11.4 Å². The molecule has 0 aromatic carbocycles. The van der Waals surface area contributed by atoms with Crippen LogP contribution in [0.3, 0.4) is 0 Å². The van der Waals surface area contributed by atoms with E-state index in [9.17, 15) is 0 Å². The standard InChI is InChI=1S/C11H15N7S2/c1-12-10(19)17-14-6-8-4-3-5-9(16-8)7-15-18-11(20)13-2/h3-7H,1-2H3,(H2,12,17,19)(H2,13,18,20). The highest BCUT2D eigenvalue weighted by Crippen LogP contribution is 1.94. The highest BCUT2D eigenvalue weighted by Gasteiger charge is 1.93. The Kier molecular flexibility index (Phi) is 7.07. The number of hydrazone groups is 2. The van der Waals surface area contributed by atoms with Crippen molar-refractivity contribution >= 4 is 47.1 Å². The Bertz CT molecular complexity index is 484. The smallest absolute Gasteiger partial charge is 0.186 e. The van der Waals surface area contributed by atoms with Gasteiger partial charge in [-0.05, 0) is 36.6 Å². The normalized spacial score (nSPS) is 10.5. The van der Waals surface area contributed by atoms with Gasteiger partial charge in [0, 0.05) is 14.1 Å². The minimum Gasteiger partial charge on any atom is -0.364 e. The molecule has 0 atom stereocenters. The van der Waals surface area contributed by atoms with E-state index in [0.717, 1.165) is 0 Å². The molecule has 0 saturated carbocycles. The highest BCUT2D eigenvalue weighted by atomic mass is 32.1. The van der Waals surface area contributed by atoms with Gasteiger partial charge in [0.2, 0.25) is 0 Å². The summed E-state index contributed by atoms with van der Waals surface area (Å²) in [5, 5.41) is 14.2. The molecule has 0 aliphatic heterocycles. The lowest BCUT2D eigenvalue weighted by Crippen LogP contribution is -2.28. The zero-order valence-corrected chi connectivity index (χ0v) is 12.7. The number of hydrogen-bond acceptors (Lipinski definition) is 5. The second-order valence-electron chi connectivity index (χ2n) is 3.39. The largest absolute Gasteiger partial charge is 0.364 e. The van der Waals surface area contributed by atoms with E-state index in [-0.39, 0.29) is 0 Å². The second kappa shape index (κ2) is 8.88. The fourth-order valence-electron chi connectivity index (χ4n) is 1.04. The molecular formula is C11H15N7S2. The summed E-state index contributed by atoms with van der Waals surface area (Å²) >= 11 is 9.77. The average molecular weight is 309 g/mol. The maximum Gasteiger partial charge on any atom is 0.186 e. The minimum absolute atomic E-state index is 0.434. The maximum absolute atomic E-state index is 4.89. The number of nitrogens with zero attached hydrogens (tertiary/aromatic N) is 3. The molecular weight excluding hydrogens is 294 g/mol. The number of rotatable bonds is 4. The first-order valence-electron chi connectivity index (χ1n) is 5.64. The van der Waals surface area contributed by atoms with Crippen LogP contribution in [0.25, 0.3) is 0 Å². The molecule has 1 aromatic heterocycles. The second-order valence-corrected chi connectivity index (χ2v) is 4.20. The molecule has 7 nitrogen and oxygen atoms in total. The van der Waals surface area contributed by atoms with Crippen molar-refractivity contribution in [1.29, 1.82) is 0 Å². The van der Waals surface area contributed by atoms with Crippen molar-refractivity contribution < 1.29 is 0 Å². The molecule has 0 spiro atoms. The van der Waals surface area contributed by atoms with E-state index in [1.54, 1.807) is 26.5 Å². The van der Waals surface area contributed by atoms with Gasteiger partial charge in [-0.25, -0.2) is 4.98 Å². The summed E-state index contributed by atoms with van der Waals surface area (Å²) in [7, 11) is 3.42. The Morgan fingerprint density at radius 2 is 1.45 bits per heavy atom. The number of thiocarbonyl (C=S) groups is 2. The monoisotopic (exact) mass is 309 g/mol. The van der Waals surface area contributed by atoms with Crippen molar-refractivity contribution in [2.24, 2.45) is 10.2 Å². The van der Waals surface area contributed by atoms with Crippen LogP contribution in [0.2, 0.25) is 0 Å². The Morgan fingerprint density at radius 1 is 1.00 bits per heavy atom. The molecule has 0 unspecified atom stereocenters. The first-order valence-corrected chi connectivity index (χ1v) is 6.46. The van der Waals surface area contributed by atoms with E-state index in [4.69, 9.17) is 24.4 Å². The zero-order chi connectivity index (χ0) is 14.8. The molecule has 106 valence electrons. The minimum atomic E-state index is 0.434. The van der Waals surface area contributed by atoms with Gasteiger partial charge in [0.1, 0.15) is 0 Å². The first-order chi connectivity index (χ1) is 9.65. The molecule has 0 fully saturated rings. The highest BCUT2D eigenvalue weighted by molar-refractivity contribution is 7.80. The van der Waals surface area contributed by atoms with Gasteiger partial charge < -0.3 is 10.6 Å². The summed E-state index contributed by atoms with van der Waals surface area (Å²) in [6, 6.07) is 5.48. The summed E-state index contributed by atoms with van der Waals surface area (Å²) in [6.45, 7) is 0. The van der Waals surface area contributed by atoms with E-state index in [1.165, 1.54) is 0 Å². The first kappa shape index (κ1) is 15.9. The fraction of sp³-hybridized carbons (Fsp3) is 0.182. The van der Waals surface area contributed by atoms with Crippen molar-refractivity contribution in [3.8, 4) is 0 Å². The molecule has 0 radical (unpaired) electrons. The van der Waals surface area contributed by atoms with E-state index in [0.29, 0.717) is 21.6 Å². The number of aromatic nitrogens is 1. The average Bonchev–Trinajstić information content (AvgIpc) is 2.47. The summed E-state index contributed by atoms with van der Waals surface area (Å²) < 4.78 is 0. The third-order valence-electron chi connectivity index (χ3n) is 1.97. The van der Waals surface area contributed by atoms with Gasteiger partial charge in [-0.1, -0.05) is 6.07 Å². The Hall–Kier alpha value is -2.13. The van der Waals surface area contributed by atoms with Crippen LogP contribution in [0.5, 0.6) is 0 Å². The molecule has 1 heterocycles. The molecule has 4 N–H and O–H groups in total. The molecule has 0 aliphatic carbocycles. The SMILES string of the molecule is CNC(=S)NN=Cc1cccc(C=NNC(=S)NC)n1. The maximum atomic E-state index is 4.89. The van der Waals surface area contributed by atoms with E-state index in [2.05, 4.69) is 36.7 Å². The quantitative estimate of drug-likeness (QED) is 0.352. The van der Waals surface area contributed by atoms with Gasteiger partial charge in [0.05, 0.1) is 23.8 Å². The summed E-state index contributed by atoms with van der Waals surface area (Å²) in [4.78, 5) is 4.31. The number of pyridine rings is 1. The third-order valence-corrected chi connectivity index (χ3v) is 2.56. The summed E-state index contributed by atoms with van der Waals surface area (Å²) in [6.07, 6.45) is 3.12. The molecule has 0 aliphatic rings. The summed E-state index contributed by atoms with van der Waals surface area (Å²) in [5.74, 6) is 0. The molecule has 1 rings (SSSR count). The molecule has 0 bridgehead atoms. The van der Waals surface area contributed by atoms with Crippen LogP contribution in [0, 0.1) is 0 Å². The van der Waals surface area contributed by atoms with E-state index < -0.39 is 0 Å². The van der Waals surface area contributed by atoms with Crippen molar-refractivity contribution in [3.63, 3.8) is 0 Å². The van der Waals surface area contributed by atoms with Crippen molar-refractivity contribution in [2.75, 3.05) is 14.1 Å². The molecule has 0 amide bonds. The van der Waals surface area contributed by atoms with E-state index in [1.807, 2.05) is 18.2 Å². The van der Waals surface area contributed by atoms with Crippen molar-refractivity contribution in [1.82, 2.24) is 26.5 Å². The Morgan fingerprint density at radius 3 is 1.85 bits per heavy atom. The van der Waals surface area contributed by atoms with Gasteiger partial charge in [0.25, 0.3) is 0 Å². The fourth-order valence-corrected chi connectivity index (χ4v) is 1.14. The predicted molar refractivity (Wildman–Crippen MR) is 89.0 cm³/mol. The lowest BCUT2D eigenvalue weighted by molar-refractivity contribution is 0.977. The third kappa shape index (κ3) is 6.16. The van der Waals surface area contributed by atoms with Crippen LogP contribution < -0.4 is 21.5 Å². The van der Waals surface area contributed by atoms with Gasteiger partial charge in [-0.3, -0.25) is 10.9 Å². The van der Waals surface area contributed by atoms with Gasteiger partial charge in [-0.2, -0.15) is 10.2 Å². The molecule has 1 aromatic rings. The predicted octanol–water partition coefficient (Wildman–Crippen LogP) is -0.0628. The Labute approximate surface area is 127 Å². The summed E-state index contributed by atoms with van der Waals surface area (Å²) in [5.41, 5.74) is 6.64. The van der Waals surface area contributed by atoms with Gasteiger partial charge >= 0.3 is 0 Å². The van der Waals surface area contributed by atoms with Gasteiger partial charge in [-0.15, -0.1) is 0 Å². The van der Waals surface area contributed by atoms with E-state index >= 15 is 0 Å². The molecule has 20 heavy (non-hydrogen) atoms. The lowest BCUT2D eigenvalue weighted by atomic mass is 10.3. The van der Waals surface area contributed by atoms with Crippen LogP contribution >= 0.6 is 24.4 Å². The van der Waals surface area contributed by atoms with Crippen LogP contribution in [0.4, 0.5) is 0 Å². The molecule has 9 heteroatoms. The van der Waals surface area contributed by atoms with Crippen LogP contribution in [-0.2, 0) is 0 Å². The Balaban J connectivity index is 2.61. The molecule has 0 saturated heterocycles. The van der Waals surface area contributed by atoms with Crippen molar-refractivity contribution in [3.05, 3.63) is 29.6 Å². The van der Waals surface area contributed by atoms with Crippen LogP contribution in [0.15, 0.2) is 28.4 Å². The van der Waals surface area contributed by atoms with Crippen LogP contribution in [-0.4, -0.2) is 41.7 Å². The van der Waals surface area contributed by atoms with Crippen molar-refractivity contribution in [2.45, 2.75) is 0 Å². The number of hydrogen-bond donors (Lipinski definition) is 4. The van der Waals surface area contributed by atoms with Gasteiger partial charge in [0.15, 0.2) is 10.2 Å².